The third-order valence-corrected chi connectivity index (χ3v) is 13.0. The molecule has 1 aromatic carbocycles. The van der Waals surface area contributed by atoms with Crippen LogP contribution in [0.4, 0.5) is 0 Å². The van der Waals surface area contributed by atoms with Crippen LogP contribution in [0, 0.1) is 0 Å². The second-order valence-corrected chi connectivity index (χ2v) is 12.1. The van der Waals surface area contributed by atoms with Gasteiger partial charge in [-0.3, -0.25) is 0 Å². The van der Waals surface area contributed by atoms with Crippen molar-refractivity contribution in [1.82, 2.24) is 0 Å². The van der Waals surface area contributed by atoms with E-state index in [9.17, 15) is 4.57 Å². The van der Waals surface area contributed by atoms with E-state index in [-0.39, 0.29) is 3.04 Å². The Balaban J connectivity index is 2.82. The summed E-state index contributed by atoms with van der Waals surface area (Å²) in [5, 5.41) is 0. The number of hydrogen-bond donors (Lipinski definition) is 0. The zero-order valence-corrected chi connectivity index (χ0v) is 14.9. The second-order valence-electron chi connectivity index (χ2n) is 3.35. The Morgan fingerprint density at radius 1 is 1.22 bits per heavy atom. The van der Waals surface area contributed by atoms with Gasteiger partial charge in [-0.05, 0) is 0 Å². The van der Waals surface area contributed by atoms with Crippen LogP contribution in [0.2, 0.25) is 0 Å². The molecule has 0 bridgehead atoms. The Morgan fingerprint density at radius 2 is 1.78 bits per heavy atom. The summed E-state index contributed by atoms with van der Waals surface area (Å²) in [6, 6.07) is 10.2. The molecule has 0 aliphatic rings. The predicted octanol–water partition coefficient (Wildman–Crippen LogP) is 2.93. The fraction of sp³-hybridized carbons (Fsp3) is 0.500. The Kier molecular flexibility index (Phi) is 7.95. The predicted molar refractivity (Wildman–Crippen MR) is 80.0 cm³/mol. The van der Waals surface area contributed by atoms with E-state index in [1.165, 1.54) is 3.61 Å². The minimum absolute atomic E-state index is 0.0230. The van der Waals surface area contributed by atoms with E-state index in [4.69, 9.17) is 9.05 Å². The van der Waals surface area contributed by atoms with Crippen LogP contribution in [-0.2, 0) is 13.6 Å². The maximum atomic E-state index is 12.7. The van der Waals surface area contributed by atoms with Gasteiger partial charge in [-0.2, -0.15) is 0 Å². The van der Waals surface area contributed by atoms with Crippen molar-refractivity contribution in [2.24, 2.45) is 0 Å². The zero-order valence-electron chi connectivity index (χ0n) is 10.9. The molecule has 0 aliphatic carbocycles. The van der Waals surface area contributed by atoms with Gasteiger partial charge in [0.1, 0.15) is 0 Å². The number of thioether (sulfide) groups is 1. The van der Waals surface area contributed by atoms with Crippen molar-refractivity contribution in [2.45, 2.75) is 16.9 Å². The second kappa shape index (κ2) is 8.63. The molecule has 18 heavy (non-hydrogen) atoms. The molecule has 0 heterocycles. The third kappa shape index (κ3) is 4.89. The van der Waals surface area contributed by atoms with Crippen molar-refractivity contribution in [1.29, 1.82) is 0 Å². The van der Waals surface area contributed by atoms with Crippen LogP contribution in [0.5, 0.6) is 0 Å². The van der Waals surface area contributed by atoms with Crippen LogP contribution in [0.1, 0.15) is 13.8 Å². The molecule has 6 heteroatoms. The van der Waals surface area contributed by atoms with Gasteiger partial charge in [0, 0.05) is 0 Å². The Hall–Kier alpha value is 0.510. The van der Waals surface area contributed by atoms with Gasteiger partial charge in [0.25, 0.3) is 0 Å². The number of hydrogen-bond acceptors (Lipinski definition) is 4. The van der Waals surface area contributed by atoms with Crippen LogP contribution in [0.25, 0.3) is 0 Å². The van der Waals surface area contributed by atoms with E-state index in [0.717, 1.165) is 0 Å². The Bertz CT molecular complexity index is 378. The molecule has 0 aromatic heterocycles. The molecule has 102 valence electrons. The molecule has 1 rings (SSSR count). The van der Waals surface area contributed by atoms with Crippen LogP contribution in [-0.4, -0.2) is 43.4 Å². The van der Waals surface area contributed by atoms with Gasteiger partial charge in [-0.15, -0.1) is 0 Å². The molecule has 0 spiro atoms. The molecule has 3 nitrogen and oxygen atoms in total. The van der Waals surface area contributed by atoms with Crippen LogP contribution >= 0.6 is 19.4 Å². The zero-order chi connectivity index (χ0) is 13.4. The third-order valence-electron chi connectivity index (χ3n) is 2.06. The standard InChI is InChI=1S/C12H19O3PSTe/c1-4-14-16(13,15-5-2)12(17-3)18-11-9-7-6-8-10-11/h6-10,12H,4-5H2,1-3H3. The number of rotatable bonds is 8. The van der Waals surface area contributed by atoms with E-state index in [1.54, 1.807) is 11.8 Å². The fourth-order valence-corrected chi connectivity index (χ4v) is 10.1. The summed E-state index contributed by atoms with van der Waals surface area (Å²) >= 11 is 0.993. The molecule has 1 atom stereocenters. The Labute approximate surface area is 124 Å². The van der Waals surface area contributed by atoms with Crippen LogP contribution in [0.15, 0.2) is 30.3 Å². The first-order valence-corrected chi connectivity index (χ1v) is 11.2. The molecular weight excluding hydrogens is 383 g/mol. The Morgan fingerprint density at radius 3 is 2.22 bits per heavy atom. The molecule has 1 aromatic rings. The molecule has 0 N–H and O–H groups in total. The van der Waals surface area contributed by atoms with E-state index in [2.05, 4.69) is 12.1 Å². The first kappa shape index (κ1) is 16.6. The SMILES string of the molecule is CCOP(=O)(OCC)C(SC)[Te]c1ccccc1. The van der Waals surface area contributed by atoms with Gasteiger partial charge in [-0.25, -0.2) is 0 Å². The number of benzene rings is 1. The maximum absolute atomic E-state index is 12.7. The quantitative estimate of drug-likeness (QED) is 0.495. The normalized spacial score (nSPS) is 13.5. The van der Waals surface area contributed by atoms with Gasteiger partial charge in [0.15, 0.2) is 0 Å². The van der Waals surface area contributed by atoms with Gasteiger partial charge in [0.2, 0.25) is 0 Å². The first-order chi connectivity index (χ1) is 8.66. The summed E-state index contributed by atoms with van der Waals surface area (Å²) in [7, 11) is -2.97. The summed E-state index contributed by atoms with van der Waals surface area (Å²) in [5.41, 5.74) is 0. The molecule has 0 aliphatic heterocycles. The van der Waals surface area contributed by atoms with Crippen molar-refractivity contribution in [3.05, 3.63) is 30.3 Å². The van der Waals surface area contributed by atoms with Gasteiger partial charge >= 0.3 is 124 Å². The van der Waals surface area contributed by atoms with Crippen molar-refractivity contribution in [3.63, 3.8) is 0 Å². The van der Waals surface area contributed by atoms with E-state index >= 15 is 0 Å². The summed E-state index contributed by atoms with van der Waals surface area (Å²) in [6.07, 6.45) is 1.98. The average Bonchev–Trinajstić information content (AvgIpc) is 2.37. The minimum atomic E-state index is -2.97. The van der Waals surface area contributed by atoms with Gasteiger partial charge in [0.05, 0.1) is 0 Å². The first-order valence-electron chi connectivity index (χ1n) is 5.79. The van der Waals surface area contributed by atoms with E-state index < -0.39 is 28.5 Å². The van der Waals surface area contributed by atoms with E-state index in [0.29, 0.717) is 13.2 Å². The summed E-state index contributed by atoms with van der Waals surface area (Å²) in [5.74, 6) is 0. The average molecular weight is 402 g/mol. The molecule has 1 unspecified atom stereocenters. The van der Waals surface area contributed by atoms with Crippen LogP contribution < -0.4 is 3.61 Å². The van der Waals surface area contributed by atoms with Crippen molar-refractivity contribution >= 4 is 43.9 Å². The van der Waals surface area contributed by atoms with Gasteiger partial charge < -0.3 is 0 Å². The van der Waals surface area contributed by atoms with Crippen molar-refractivity contribution < 1.29 is 13.6 Å². The molecule has 0 amide bonds. The topological polar surface area (TPSA) is 35.5 Å². The van der Waals surface area contributed by atoms with Crippen molar-refractivity contribution in [3.8, 4) is 0 Å². The van der Waals surface area contributed by atoms with E-state index in [1.807, 2.05) is 38.3 Å². The molecule has 0 saturated heterocycles. The monoisotopic (exact) mass is 404 g/mol. The summed E-state index contributed by atoms with van der Waals surface area (Å²) in [4.78, 5) is 0. The molecular formula is C12H19O3PSTe. The molecule has 0 fully saturated rings. The molecule has 0 saturated carbocycles. The van der Waals surface area contributed by atoms with Gasteiger partial charge in [-0.1, -0.05) is 0 Å². The molecule has 0 radical (unpaired) electrons. The summed E-state index contributed by atoms with van der Waals surface area (Å²) in [6.45, 7) is 4.56. The van der Waals surface area contributed by atoms with Crippen LogP contribution in [0.3, 0.4) is 0 Å². The fourth-order valence-electron chi connectivity index (χ4n) is 1.38. The summed E-state index contributed by atoms with van der Waals surface area (Å²) < 4.78 is 24.9. The van der Waals surface area contributed by atoms with Crippen molar-refractivity contribution in [2.75, 3.05) is 19.5 Å².